The van der Waals surface area contributed by atoms with Gasteiger partial charge in [0.1, 0.15) is 5.75 Å². The first-order valence-electron chi connectivity index (χ1n) is 9.15. The summed E-state index contributed by atoms with van der Waals surface area (Å²) >= 11 is 6.07. The summed E-state index contributed by atoms with van der Waals surface area (Å²) in [6.45, 7) is 12.0. The van der Waals surface area contributed by atoms with Gasteiger partial charge in [0.25, 0.3) is 0 Å². The van der Waals surface area contributed by atoms with Crippen molar-refractivity contribution in [2.24, 2.45) is 4.99 Å². The minimum Gasteiger partial charge on any atom is -0.493 e. The Morgan fingerprint density at radius 1 is 1.31 bits per heavy atom. The number of rotatable bonds is 7. The zero-order chi connectivity index (χ0) is 19.0. The first-order valence-corrected chi connectivity index (χ1v) is 9.52. The normalized spacial score (nSPS) is 16.4. The predicted molar refractivity (Wildman–Crippen MR) is 107 cm³/mol. The predicted octanol–water partition coefficient (Wildman–Crippen LogP) is 2.51. The maximum Gasteiger partial charge on any atom is 0.191 e. The smallest absolute Gasteiger partial charge is 0.191 e. The molecule has 1 aromatic rings. The number of guanidine groups is 1. The lowest BCUT2D eigenvalue weighted by atomic mass is 10.0. The second-order valence-electron chi connectivity index (χ2n) is 6.88. The molecule has 7 heteroatoms. The van der Waals surface area contributed by atoms with E-state index in [1.165, 1.54) is 0 Å². The molecule has 6 nitrogen and oxygen atoms in total. The zero-order valence-corrected chi connectivity index (χ0v) is 17.0. The van der Waals surface area contributed by atoms with Crippen LogP contribution >= 0.6 is 11.6 Å². The molecule has 26 heavy (non-hydrogen) atoms. The highest BCUT2D eigenvalue weighted by atomic mass is 35.5. The molecule has 1 aliphatic heterocycles. The molecule has 0 saturated carbocycles. The van der Waals surface area contributed by atoms with Crippen molar-refractivity contribution in [1.82, 2.24) is 15.5 Å². The van der Waals surface area contributed by atoms with Gasteiger partial charge in [-0.3, -0.25) is 9.89 Å². The Balaban J connectivity index is 1.90. The largest absolute Gasteiger partial charge is 0.493 e. The van der Waals surface area contributed by atoms with E-state index in [1.54, 1.807) is 7.05 Å². The Hall–Kier alpha value is -1.50. The molecule has 0 bridgehead atoms. The van der Waals surface area contributed by atoms with E-state index >= 15 is 0 Å². The molecule has 1 saturated heterocycles. The summed E-state index contributed by atoms with van der Waals surface area (Å²) < 4.78 is 11.1. The second-order valence-corrected chi connectivity index (χ2v) is 7.31. The average Bonchev–Trinajstić information content (AvgIpc) is 2.64. The molecule has 2 rings (SSSR count). The van der Waals surface area contributed by atoms with E-state index < -0.39 is 0 Å². The molecular weight excluding hydrogens is 352 g/mol. The van der Waals surface area contributed by atoms with Gasteiger partial charge in [-0.15, -0.1) is 0 Å². The van der Waals surface area contributed by atoms with Gasteiger partial charge in [0.05, 0.1) is 19.8 Å². The first-order chi connectivity index (χ1) is 12.5. The maximum absolute atomic E-state index is 6.07. The van der Waals surface area contributed by atoms with Gasteiger partial charge >= 0.3 is 0 Å². The third-order valence-corrected chi connectivity index (χ3v) is 4.79. The summed E-state index contributed by atoms with van der Waals surface area (Å²) in [5, 5.41) is 7.45. The summed E-state index contributed by atoms with van der Waals surface area (Å²) in [6, 6.07) is 5.70. The van der Waals surface area contributed by atoms with E-state index in [1.807, 2.05) is 25.1 Å². The van der Waals surface area contributed by atoms with Gasteiger partial charge in [-0.05, 0) is 32.9 Å². The van der Waals surface area contributed by atoms with Crippen molar-refractivity contribution < 1.29 is 9.47 Å². The minimum atomic E-state index is 0.0259. The van der Waals surface area contributed by atoms with Gasteiger partial charge in [0.2, 0.25) is 0 Å². The Morgan fingerprint density at radius 3 is 2.69 bits per heavy atom. The van der Waals surface area contributed by atoms with E-state index in [0.717, 1.165) is 50.1 Å². The van der Waals surface area contributed by atoms with Crippen LogP contribution in [0.1, 0.15) is 26.3 Å². The van der Waals surface area contributed by atoms with E-state index in [-0.39, 0.29) is 5.54 Å². The van der Waals surface area contributed by atoms with Crippen molar-refractivity contribution in [2.75, 3.05) is 46.5 Å². The molecule has 0 radical (unpaired) electrons. The van der Waals surface area contributed by atoms with E-state index in [2.05, 4.69) is 34.4 Å². The molecular formula is C19H31ClN4O2. The second kappa shape index (κ2) is 10.00. The van der Waals surface area contributed by atoms with Crippen molar-refractivity contribution in [3.63, 3.8) is 0 Å². The van der Waals surface area contributed by atoms with Crippen LogP contribution in [0.4, 0.5) is 0 Å². The lowest BCUT2D eigenvalue weighted by molar-refractivity contribution is -0.00834. The molecule has 1 heterocycles. The highest BCUT2D eigenvalue weighted by Gasteiger charge is 2.28. The van der Waals surface area contributed by atoms with Crippen LogP contribution in [0.2, 0.25) is 5.02 Å². The third kappa shape index (κ3) is 6.04. The van der Waals surface area contributed by atoms with Gasteiger partial charge in [-0.25, -0.2) is 0 Å². The molecule has 0 amide bonds. The number of halogens is 1. The van der Waals surface area contributed by atoms with Crippen molar-refractivity contribution >= 4 is 17.6 Å². The van der Waals surface area contributed by atoms with Crippen LogP contribution < -0.4 is 15.4 Å². The number of ether oxygens (including phenoxy) is 2. The first kappa shape index (κ1) is 20.8. The third-order valence-electron chi connectivity index (χ3n) is 4.55. The Labute approximate surface area is 161 Å². The van der Waals surface area contributed by atoms with Gasteiger partial charge < -0.3 is 20.1 Å². The van der Waals surface area contributed by atoms with Gasteiger partial charge in [-0.1, -0.05) is 17.7 Å². The quantitative estimate of drug-likeness (QED) is 0.560. The number of benzene rings is 1. The van der Waals surface area contributed by atoms with Crippen LogP contribution in [-0.2, 0) is 11.3 Å². The van der Waals surface area contributed by atoms with Crippen molar-refractivity contribution in [3.05, 3.63) is 28.8 Å². The molecule has 1 fully saturated rings. The van der Waals surface area contributed by atoms with Crippen molar-refractivity contribution in [3.8, 4) is 5.75 Å². The number of hydrogen-bond acceptors (Lipinski definition) is 4. The number of aliphatic imine (C=N–C) groups is 1. The fourth-order valence-corrected chi connectivity index (χ4v) is 3.11. The highest BCUT2D eigenvalue weighted by Crippen LogP contribution is 2.23. The van der Waals surface area contributed by atoms with E-state index in [9.17, 15) is 0 Å². The fraction of sp³-hybridized carbons (Fsp3) is 0.632. The number of hydrogen-bond donors (Lipinski definition) is 2. The molecule has 1 aliphatic rings. The fourth-order valence-electron chi connectivity index (χ4n) is 2.94. The highest BCUT2D eigenvalue weighted by molar-refractivity contribution is 6.30. The SMILES string of the molecule is CCOc1cc(Cl)ccc1CNC(=NC)NCC(C)(C)N1CCOCC1. The lowest BCUT2D eigenvalue weighted by Gasteiger charge is -2.41. The Morgan fingerprint density at radius 2 is 2.04 bits per heavy atom. The van der Waals surface area contributed by atoms with Crippen LogP contribution in [0.15, 0.2) is 23.2 Å². The Kier molecular flexibility index (Phi) is 8.00. The van der Waals surface area contributed by atoms with Gasteiger partial charge in [0.15, 0.2) is 5.96 Å². The van der Waals surface area contributed by atoms with Crippen LogP contribution in [-0.4, -0.2) is 62.9 Å². The number of morpholine rings is 1. The van der Waals surface area contributed by atoms with Crippen molar-refractivity contribution in [1.29, 1.82) is 0 Å². The van der Waals surface area contributed by atoms with Crippen LogP contribution in [0.5, 0.6) is 5.75 Å². The van der Waals surface area contributed by atoms with Crippen molar-refractivity contribution in [2.45, 2.75) is 32.9 Å². The maximum atomic E-state index is 6.07. The molecule has 0 aliphatic carbocycles. The average molecular weight is 383 g/mol. The number of nitrogens with one attached hydrogen (secondary N) is 2. The van der Waals surface area contributed by atoms with E-state index in [0.29, 0.717) is 18.2 Å². The summed E-state index contributed by atoms with van der Waals surface area (Å²) in [4.78, 5) is 6.78. The molecule has 0 unspecified atom stereocenters. The number of nitrogens with zero attached hydrogens (tertiary/aromatic N) is 2. The standard InChI is InChI=1S/C19H31ClN4O2/c1-5-26-17-12-16(20)7-6-15(17)13-22-18(21-4)23-14-19(2,3)24-8-10-25-11-9-24/h6-7,12H,5,8-11,13-14H2,1-4H3,(H2,21,22,23). The summed E-state index contributed by atoms with van der Waals surface area (Å²) in [7, 11) is 1.78. The van der Waals surface area contributed by atoms with Crippen LogP contribution in [0, 0.1) is 0 Å². The molecule has 0 aromatic heterocycles. The summed E-state index contributed by atoms with van der Waals surface area (Å²) in [5.74, 6) is 1.57. The van der Waals surface area contributed by atoms with Gasteiger partial charge in [0, 0.05) is 49.4 Å². The molecule has 1 aromatic carbocycles. The topological polar surface area (TPSA) is 58.1 Å². The van der Waals surface area contributed by atoms with Gasteiger partial charge in [-0.2, -0.15) is 0 Å². The minimum absolute atomic E-state index is 0.0259. The monoisotopic (exact) mass is 382 g/mol. The summed E-state index contributed by atoms with van der Waals surface area (Å²) in [5.41, 5.74) is 1.07. The molecule has 0 atom stereocenters. The molecule has 0 spiro atoms. The van der Waals surface area contributed by atoms with Crippen LogP contribution in [0.25, 0.3) is 0 Å². The molecule has 2 N–H and O–H groups in total. The molecule has 146 valence electrons. The van der Waals surface area contributed by atoms with E-state index in [4.69, 9.17) is 21.1 Å². The summed E-state index contributed by atoms with van der Waals surface area (Å²) in [6.07, 6.45) is 0. The zero-order valence-electron chi connectivity index (χ0n) is 16.3. The lowest BCUT2D eigenvalue weighted by Crippen LogP contribution is -2.56. The van der Waals surface area contributed by atoms with Crippen LogP contribution in [0.3, 0.4) is 0 Å². The Bertz CT molecular complexity index is 601.